The average Bonchev–Trinajstić information content (AvgIpc) is 3.98. The first-order valence-corrected chi connectivity index (χ1v) is 31.9. The Morgan fingerprint density at radius 2 is 1.23 bits per heavy atom. The van der Waals surface area contributed by atoms with Gasteiger partial charge < -0.3 is 34.3 Å². The van der Waals surface area contributed by atoms with E-state index in [4.69, 9.17) is 27.3 Å². The van der Waals surface area contributed by atoms with Gasteiger partial charge in [0.05, 0.1) is 48.8 Å². The van der Waals surface area contributed by atoms with E-state index in [0.717, 1.165) is 77.0 Å². The zero-order valence-electron chi connectivity index (χ0n) is 46.7. The predicted molar refractivity (Wildman–Crippen MR) is 277 cm³/mol. The molecule has 0 radical (unpaired) electrons. The van der Waals surface area contributed by atoms with Gasteiger partial charge in [-0.15, -0.1) is 0 Å². The van der Waals surface area contributed by atoms with E-state index >= 15 is 0 Å². The number of aliphatic hydroxyl groups is 3. The first kappa shape index (κ1) is 54.5. The van der Waals surface area contributed by atoms with E-state index in [9.17, 15) is 41.3 Å². The molecule has 4 saturated carbocycles. The topological polar surface area (TPSA) is 225 Å². The Labute approximate surface area is 447 Å². The third kappa shape index (κ3) is 7.52. The fourth-order valence-electron chi connectivity index (χ4n) is 22.4. The molecule has 15 nitrogen and oxygen atoms in total. The maximum Gasteiger partial charge on any atom is 0.397 e. The van der Waals surface area contributed by atoms with Crippen molar-refractivity contribution in [3.05, 3.63) is 22.3 Å². The van der Waals surface area contributed by atoms with Crippen LogP contribution in [0.3, 0.4) is 0 Å². The lowest BCUT2D eigenvalue weighted by Gasteiger charge is -2.69. The summed E-state index contributed by atoms with van der Waals surface area (Å²) >= 11 is 0. The molecular weight excluding hydrogens is 1000 g/mol. The van der Waals surface area contributed by atoms with Gasteiger partial charge in [-0.2, -0.15) is 16.8 Å². The van der Waals surface area contributed by atoms with Crippen LogP contribution in [0.25, 0.3) is 0 Å². The molecule has 8 aliphatic carbocycles. The van der Waals surface area contributed by atoms with Gasteiger partial charge in [-0.05, 0) is 176 Å². The Morgan fingerprint density at radius 3 is 1.79 bits per heavy atom. The van der Waals surface area contributed by atoms with Crippen molar-refractivity contribution in [2.24, 2.45) is 85.8 Å². The highest BCUT2D eigenvalue weighted by Gasteiger charge is 2.75. The molecule has 10 fully saturated rings. The molecule has 6 heterocycles. The summed E-state index contributed by atoms with van der Waals surface area (Å²) in [5, 5.41) is 35.0. The van der Waals surface area contributed by atoms with Crippen molar-refractivity contribution >= 4 is 20.8 Å². The number of aliphatic hydroxyl groups excluding tert-OH is 1. The standard InChI is InChI=1S/C58H90O15S2/c1-31(36-13-15-38-35-26-44(72-75(65,66)67)48-50(5,6)58(61)45(59)28-56(48,30-69-58)41(35)19-20-52(36,38)9)12-17-46-54(11)27-33(51(7,8)73-54)24-42(70-46)32(2)37-14-16-39-34-25-43(71-74(62,63)64)47-49(3,4)57(60)23-22-55(47,29-68-57)40(34)18-21-53(37,39)10/h31-33,36-39,42-48,59-61H,12-30H2,1-11H3,(H,62,63,64)(H,65,66,67)/t31-,32+,33-,36-,37-,38?,39?,42-,43+,44+,45+,46+,47?,48?,52-,53-,54-,55+,56+,57+,58+/m1/s1. The van der Waals surface area contributed by atoms with Crippen LogP contribution in [0.2, 0.25) is 0 Å². The molecule has 17 heteroatoms. The molecule has 424 valence electrons. The fraction of sp³-hybridized carbons (Fsp3) is 0.931. The highest BCUT2D eigenvalue weighted by molar-refractivity contribution is 7.81. The van der Waals surface area contributed by atoms with Gasteiger partial charge in [0.25, 0.3) is 0 Å². The third-order valence-electron chi connectivity index (χ3n) is 25.7. The van der Waals surface area contributed by atoms with Gasteiger partial charge in [0.15, 0.2) is 11.6 Å². The molecule has 4 unspecified atom stereocenters. The third-order valence-corrected chi connectivity index (χ3v) is 26.7. The van der Waals surface area contributed by atoms with Crippen molar-refractivity contribution in [3.63, 3.8) is 0 Å². The lowest BCUT2D eigenvalue weighted by atomic mass is 9.42. The van der Waals surface area contributed by atoms with Gasteiger partial charge in [-0.3, -0.25) is 9.11 Å². The summed E-state index contributed by atoms with van der Waals surface area (Å²) in [6, 6.07) is 0. The first-order chi connectivity index (χ1) is 34.6. The van der Waals surface area contributed by atoms with E-state index < -0.39 is 83.9 Å². The Kier molecular flexibility index (Phi) is 12.2. The van der Waals surface area contributed by atoms with E-state index in [1.54, 1.807) is 0 Å². The molecule has 75 heavy (non-hydrogen) atoms. The van der Waals surface area contributed by atoms with Crippen LogP contribution in [0.15, 0.2) is 22.3 Å². The van der Waals surface area contributed by atoms with Crippen molar-refractivity contribution < 1.29 is 68.6 Å². The number of hydrogen-bond acceptors (Lipinski definition) is 13. The van der Waals surface area contributed by atoms with E-state index in [2.05, 4.69) is 48.5 Å². The molecule has 14 rings (SSSR count). The Hall–Kier alpha value is -1.06. The van der Waals surface area contributed by atoms with E-state index in [1.807, 2.05) is 27.7 Å². The summed E-state index contributed by atoms with van der Waals surface area (Å²) in [5.41, 5.74) is 1.22. The zero-order chi connectivity index (χ0) is 54.1. The molecule has 21 atom stereocenters. The van der Waals surface area contributed by atoms with Gasteiger partial charge in [0.1, 0.15) is 6.10 Å². The highest BCUT2D eigenvalue weighted by Crippen LogP contribution is 2.74. The van der Waals surface area contributed by atoms with Crippen molar-refractivity contribution in [1.29, 1.82) is 0 Å². The van der Waals surface area contributed by atoms with E-state index in [1.165, 1.54) is 22.3 Å². The quantitative estimate of drug-likeness (QED) is 0.101. The molecule has 6 aliphatic heterocycles. The summed E-state index contributed by atoms with van der Waals surface area (Å²) in [6.45, 7) is 24.6. The second-order valence-electron chi connectivity index (χ2n) is 29.7. The minimum atomic E-state index is -4.83. The summed E-state index contributed by atoms with van der Waals surface area (Å²) in [4.78, 5) is 0. The van der Waals surface area contributed by atoms with Crippen LogP contribution in [0.5, 0.6) is 0 Å². The predicted octanol–water partition coefficient (Wildman–Crippen LogP) is 9.45. The number of hydrogen-bond donors (Lipinski definition) is 5. The van der Waals surface area contributed by atoms with E-state index in [-0.39, 0.29) is 65.3 Å². The fourth-order valence-corrected chi connectivity index (χ4v) is 23.4. The van der Waals surface area contributed by atoms with Gasteiger partial charge >= 0.3 is 20.8 Å². The maximum absolute atomic E-state index is 12.6. The summed E-state index contributed by atoms with van der Waals surface area (Å²) < 4.78 is 109. The molecule has 0 amide bonds. The van der Waals surface area contributed by atoms with Gasteiger partial charge in [-0.25, -0.2) is 8.37 Å². The minimum absolute atomic E-state index is 0.0253. The number of ether oxygens (including phenoxy) is 4. The molecule has 6 saturated heterocycles. The van der Waals surface area contributed by atoms with Gasteiger partial charge in [0, 0.05) is 39.9 Å². The van der Waals surface area contributed by atoms with Crippen molar-refractivity contribution in [2.45, 2.75) is 239 Å². The lowest BCUT2D eigenvalue weighted by Crippen LogP contribution is -2.76. The molecule has 6 bridgehead atoms. The molecule has 14 aliphatic rings. The minimum Gasteiger partial charge on any atom is -0.387 e. The van der Waals surface area contributed by atoms with Crippen LogP contribution >= 0.6 is 0 Å². The van der Waals surface area contributed by atoms with Gasteiger partial charge in [-0.1, -0.05) is 77.7 Å². The van der Waals surface area contributed by atoms with Crippen molar-refractivity contribution in [3.8, 4) is 0 Å². The van der Waals surface area contributed by atoms with Crippen LogP contribution in [-0.4, -0.2) is 108 Å². The molecule has 0 aromatic carbocycles. The molecule has 5 N–H and O–H groups in total. The summed E-state index contributed by atoms with van der Waals surface area (Å²) in [6.07, 6.45) is 10.6. The largest absolute Gasteiger partial charge is 0.397 e. The Bertz CT molecular complexity index is 2650. The molecule has 2 spiro atoms. The normalized spacial score (nSPS) is 51.8. The van der Waals surface area contributed by atoms with Crippen molar-refractivity contribution in [1.82, 2.24) is 0 Å². The number of rotatable bonds is 10. The van der Waals surface area contributed by atoms with E-state index in [0.29, 0.717) is 56.0 Å². The summed E-state index contributed by atoms with van der Waals surface area (Å²) in [5.74, 6) is -1.95. The van der Waals surface area contributed by atoms with Crippen LogP contribution in [0, 0.1) is 85.8 Å². The van der Waals surface area contributed by atoms with Crippen LogP contribution in [-0.2, 0) is 48.1 Å². The second-order valence-corrected chi connectivity index (χ2v) is 31.8. The zero-order valence-corrected chi connectivity index (χ0v) is 48.3. The Morgan fingerprint density at radius 1 is 0.680 bits per heavy atom. The molecular formula is C58H90O15S2. The van der Waals surface area contributed by atoms with Crippen molar-refractivity contribution in [2.75, 3.05) is 13.2 Å². The first-order valence-electron chi connectivity index (χ1n) is 29.1. The SMILES string of the molecule is C[C@@H]([C@H]1CCC2C3=C(CC[C@@]21C)[C@]12CC[C@](O)(OC1)C(C)(C)C2[C@@H](OS(=O)(=O)O)C3)[C@H]1C[C@@H]2C[C@@](C)(OC2(C)C)[C@H](CC[C@@H](C)[C@H]2CCC3C4=C(CC[C@@]32C)[C@@]23CO[C@@](O)([C@@H](O)C2)C(C)(C)C3[C@@H](OS(=O)(=O)O)C4)O1. The smallest absolute Gasteiger partial charge is 0.387 e. The molecule has 0 aromatic rings. The number of fused-ring (bicyclic) bond motifs is 10. The summed E-state index contributed by atoms with van der Waals surface area (Å²) in [7, 11) is -9.60. The van der Waals surface area contributed by atoms with Crippen LogP contribution in [0.1, 0.15) is 185 Å². The van der Waals surface area contributed by atoms with Gasteiger partial charge in [0.2, 0.25) is 0 Å². The monoisotopic (exact) mass is 1090 g/mol. The van der Waals surface area contributed by atoms with Crippen LogP contribution in [0.4, 0.5) is 0 Å². The lowest BCUT2D eigenvalue weighted by molar-refractivity contribution is -0.408. The van der Waals surface area contributed by atoms with Crippen LogP contribution < -0.4 is 0 Å². The maximum atomic E-state index is 12.6. The average molecular weight is 1090 g/mol. The second kappa shape index (κ2) is 16.8. The molecule has 0 aromatic heterocycles. The Balaban J connectivity index is 0.788. The highest BCUT2D eigenvalue weighted by atomic mass is 32.3.